The van der Waals surface area contributed by atoms with Gasteiger partial charge in [0, 0.05) is 12.1 Å². The molecule has 0 radical (unpaired) electrons. The largest absolute Gasteiger partial charge is 0.493 e. The Labute approximate surface area is 178 Å². The molecule has 2 aromatic carbocycles. The van der Waals surface area contributed by atoms with Gasteiger partial charge in [-0.05, 0) is 69.9 Å². The molecule has 0 fully saturated rings. The van der Waals surface area contributed by atoms with Crippen LogP contribution < -0.4 is 10.1 Å². The van der Waals surface area contributed by atoms with Crippen LogP contribution in [0.5, 0.6) is 5.75 Å². The number of nitrogens with one attached hydrogen (secondary N) is 1. The second-order valence-electron chi connectivity index (χ2n) is 7.91. The van der Waals surface area contributed by atoms with Gasteiger partial charge in [-0.3, -0.25) is 4.79 Å². The number of imidazole rings is 1. The average Bonchev–Trinajstić information content (AvgIpc) is 3.09. The van der Waals surface area contributed by atoms with Gasteiger partial charge in [-0.15, -0.1) is 0 Å². The van der Waals surface area contributed by atoms with Gasteiger partial charge in [0.25, 0.3) is 0 Å². The zero-order valence-corrected chi connectivity index (χ0v) is 18.4. The molecule has 5 nitrogen and oxygen atoms in total. The van der Waals surface area contributed by atoms with E-state index in [0.717, 1.165) is 47.6 Å². The van der Waals surface area contributed by atoms with E-state index in [1.807, 2.05) is 25.1 Å². The van der Waals surface area contributed by atoms with Crippen molar-refractivity contribution < 1.29 is 9.53 Å². The summed E-state index contributed by atoms with van der Waals surface area (Å²) in [4.78, 5) is 16.9. The van der Waals surface area contributed by atoms with E-state index in [4.69, 9.17) is 9.72 Å². The number of amides is 1. The summed E-state index contributed by atoms with van der Waals surface area (Å²) < 4.78 is 8.19. The molecule has 0 aliphatic carbocycles. The Balaban J connectivity index is 1.66. The van der Waals surface area contributed by atoms with Gasteiger partial charge in [0.2, 0.25) is 5.91 Å². The van der Waals surface area contributed by atoms with Crippen molar-refractivity contribution in [3.8, 4) is 5.75 Å². The minimum atomic E-state index is -0.201. The van der Waals surface area contributed by atoms with E-state index in [1.54, 1.807) is 6.92 Å². The second kappa shape index (κ2) is 9.61. The normalized spacial score (nSPS) is 12.0. The van der Waals surface area contributed by atoms with Crippen LogP contribution in [0.15, 0.2) is 54.6 Å². The highest BCUT2D eigenvalue weighted by molar-refractivity contribution is 5.92. The number of ether oxygens (including phenoxy) is 1. The summed E-state index contributed by atoms with van der Waals surface area (Å²) in [6, 6.07) is 14.2. The van der Waals surface area contributed by atoms with E-state index in [2.05, 4.69) is 54.6 Å². The minimum absolute atomic E-state index is 0.150. The number of hydrogen-bond donors (Lipinski definition) is 1. The van der Waals surface area contributed by atoms with E-state index < -0.39 is 0 Å². The summed E-state index contributed by atoms with van der Waals surface area (Å²) in [5.41, 5.74) is 4.88. The molecule has 0 bridgehead atoms. The van der Waals surface area contributed by atoms with Crippen LogP contribution in [0.2, 0.25) is 0 Å². The fourth-order valence-electron chi connectivity index (χ4n) is 3.46. The first-order valence-corrected chi connectivity index (χ1v) is 10.5. The van der Waals surface area contributed by atoms with Crippen LogP contribution in [0.4, 0.5) is 0 Å². The lowest BCUT2D eigenvalue weighted by atomic mass is 10.1. The van der Waals surface area contributed by atoms with E-state index in [-0.39, 0.29) is 11.9 Å². The molecule has 0 saturated carbocycles. The molecule has 1 aromatic heterocycles. The number of benzene rings is 2. The summed E-state index contributed by atoms with van der Waals surface area (Å²) in [5.74, 6) is 1.67. The number of aryl methyl sites for hydroxylation is 3. The molecule has 158 valence electrons. The standard InChI is InChI=1S/C25H31N3O2/c1-17(2)25(29)26-20(5)24-27-21-10-6-7-11-22(21)28(24)14-8-9-15-30-23-16-18(3)12-13-19(23)4/h6-7,10-13,16,20H,1,8-9,14-15H2,2-5H3,(H,26,29). The number of para-hydroxylation sites is 2. The number of aromatic nitrogens is 2. The SMILES string of the molecule is C=C(C)C(=O)NC(C)c1nc2ccccc2n1CCCCOc1cc(C)ccc1C. The number of carbonyl (C=O) groups is 1. The quantitative estimate of drug-likeness (QED) is 0.390. The molecule has 30 heavy (non-hydrogen) atoms. The highest BCUT2D eigenvalue weighted by atomic mass is 16.5. The van der Waals surface area contributed by atoms with Gasteiger partial charge in [-0.25, -0.2) is 4.98 Å². The van der Waals surface area contributed by atoms with Crippen molar-refractivity contribution in [1.82, 2.24) is 14.9 Å². The van der Waals surface area contributed by atoms with Gasteiger partial charge in [0.05, 0.1) is 23.7 Å². The molecular formula is C25H31N3O2. The number of rotatable bonds is 9. The third kappa shape index (κ3) is 5.09. The molecule has 1 unspecified atom stereocenters. The third-order valence-electron chi connectivity index (χ3n) is 5.18. The molecule has 1 N–H and O–H groups in total. The zero-order valence-electron chi connectivity index (χ0n) is 18.4. The van der Waals surface area contributed by atoms with E-state index >= 15 is 0 Å². The monoisotopic (exact) mass is 405 g/mol. The predicted octanol–water partition coefficient (Wildman–Crippen LogP) is 5.27. The molecule has 3 rings (SSSR count). The van der Waals surface area contributed by atoms with Crippen molar-refractivity contribution in [3.05, 3.63) is 71.6 Å². The molecule has 5 heteroatoms. The Morgan fingerprint density at radius 2 is 1.97 bits per heavy atom. The van der Waals surface area contributed by atoms with E-state index in [0.29, 0.717) is 12.2 Å². The molecule has 0 spiro atoms. The molecule has 0 aliphatic heterocycles. The van der Waals surface area contributed by atoms with Crippen LogP contribution in [-0.4, -0.2) is 22.1 Å². The van der Waals surface area contributed by atoms with Crippen molar-refractivity contribution >= 4 is 16.9 Å². The maximum absolute atomic E-state index is 12.1. The number of fused-ring (bicyclic) bond motifs is 1. The van der Waals surface area contributed by atoms with Crippen molar-refractivity contribution in [2.45, 2.75) is 53.1 Å². The Morgan fingerprint density at radius 3 is 2.73 bits per heavy atom. The van der Waals surface area contributed by atoms with E-state index in [1.165, 1.54) is 5.56 Å². The van der Waals surface area contributed by atoms with Crippen LogP contribution in [0.3, 0.4) is 0 Å². The zero-order chi connectivity index (χ0) is 21.7. The lowest BCUT2D eigenvalue weighted by Crippen LogP contribution is -2.29. The Kier molecular flexibility index (Phi) is 6.93. The fraction of sp³-hybridized carbons (Fsp3) is 0.360. The maximum Gasteiger partial charge on any atom is 0.246 e. The summed E-state index contributed by atoms with van der Waals surface area (Å²) in [7, 11) is 0. The molecule has 1 atom stereocenters. The number of nitrogens with zero attached hydrogens (tertiary/aromatic N) is 2. The Bertz CT molecular complexity index is 1050. The molecule has 0 saturated heterocycles. The lowest BCUT2D eigenvalue weighted by Gasteiger charge is -2.16. The summed E-state index contributed by atoms with van der Waals surface area (Å²) in [6.07, 6.45) is 1.89. The van der Waals surface area contributed by atoms with E-state index in [9.17, 15) is 4.79 Å². The molecule has 3 aromatic rings. The predicted molar refractivity (Wildman–Crippen MR) is 122 cm³/mol. The molecule has 1 heterocycles. The van der Waals surface area contributed by atoms with Crippen molar-refractivity contribution in [2.24, 2.45) is 0 Å². The minimum Gasteiger partial charge on any atom is -0.493 e. The lowest BCUT2D eigenvalue weighted by molar-refractivity contribution is -0.118. The Hall–Kier alpha value is -3.08. The van der Waals surface area contributed by atoms with Crippen molar-refractivity contribution in [1.29, 1.82) is 0 Å². The first kappa shape index (κ1) is 21.6. The molecule has 1 amide bonds. The molecular weight excluding hydrogens is 374 g/mol. The van der Waals surface area contributed by atoms with Crippen LogP contribution in [-0.2, 0) is 11.3 Å². The van der Waals surface area contributed by atoms with Crippen LogP contribution in [0.25, 0.3) is 11.0 Å². The highest BCUT2D eigenvalue weighted by Gasteiger charge is 2.18. The molecule has 0 aliphatic rings. The van der Waals surface area contributed by atoms with Crippen LogP contribution in [0.1, 0.15) is 49.7 Å². The average molecular weight is 406 g/mol. The summed E-state index contributed by atoms with van der Waals surface area (Å²) in [5, 5.41) is 2.99. The topological polar surface area (TPSA) is 56.2 Å². The number of hydrogen-bond acceptors (Lipinski definition) is 3. The number of unbranched alkanes of at least 4 members (excludes halogenated alkanes) is 1. The third-order valence-corrected chi connectivity index (χ3v) is 5.18. The van der Waals surface area contributed by atoms with Gasteiger partial charge < -0.3 is 14.6 Å². The van der Waals surface area contributed by atoms with Gasteiger partial charge >= 0.3 is 0 Å². The Morgan fingerprint density at radius 1 is 1.20 bits per heavy atom. The van der Waals surface area contributed by atoms with Crippen molar-refractivity contribution in [3.63, 3.8) is 0 Å². The van der Waals surface area contributed by atoms with Gasteiger partial charge in [0.15, 0.2) is 0 Å². The summed E-state index contributed by atoms with van der Waals surface area (Å²) in [6.45, 7) is 13.0. The fourth-order valence-corrected chi connectivity index (χ4v) is 3.46. The maximum atomic E-state index is 12.1. The van der Waals surface area contributed by atoms with Gasteiger partial charge in [-0.2, -0.15) is 0 Å². The smallest absolute Gasteiger partial charge is 0.246 e. The first-order valence-electron chi connectivity index (χ1n) is 10.5. The van der Waals surface area contributed by atoms with Crippen molar-refractivity contribution in [2.75, 3.05) is 6.61 Å². The van der Waals surface area contributed by atoms with Gasteiger partial charge in [0.1, 0.15) is 11.6 Å². The second-order valence-corrected chi connectivity index (χ2v) is 7.91. The first-order chi connectivity index (χ1) is 14.4. The summed E-state index contributed by atoms with van der Waals surface area (Å²) >= 11 is 0. The van der Waals surface area contributed by atoms with Crippen LogP contribution >= 0.6 is 0 Å². The highest BCUT2D eigenvalue weighted by Crippen LogP contribution is 2.22. The van der Waals surface area contributed by atoms with Gasteiger partial charge in [-0.1, -0.05) is 30.8 Å². The van der Waals surface area contributed by atoms with Crippen LogP contribution in [0, 0.1) is 13.8 Å². The number of carbonyl (C=O) groups excluding carboxylic acids is 1.